The molecule has 0 radical (unpaired) electrons. The van der Waals surface area contributed by atoms with Crippen molar-refractivity contribution in [2.24, 2.45) is 23.2 Å². The summed E-state index contributed by atoms with van der Waals surface area (Å²) in [6.45, 7) is 2.51. The minimum Gasteiger partial charge on any atom is -0.294 e. The summed E-state index contributed by atoms with van der Waals surface area (Å²) in [6.07, 6.45) is 35.3. The van der Waals surface area contributed by atoms with Crippen LogP contribution in [0.4, 0.5) is 0 Å². The highest BCUT2D eigenvalue weighted by Gasteiger charge is 2.48. The van der Waals surface area contributed by atoms with E-state index in [1.165, 1.54) is 83.5 Å². The summed E-state index contributed by atoms with van der Waals surface area (Å²) in [5.74, 6) is 3.15. The van der Waals surface area contributed by atoms with Gasteiger partial charge in [-0.05, 0) is 100 Å². The minimum atomic E-state index is 0.754. The predicted octanol–water partition coefficient (Wildman–Crippen LogP) is 9.29. The molecule has 0 heterocycles. The normalized spacial score (nSPS) is 38.1. The van der Waals surface area contributed by atoms with Crippen LogP contribution in [0, 0.1) is 23.2 Å². The molecule has 0 aromatic carbocycles. The molecule has 32 heavy (non-hydrogen) atoms. The summed E-state index contributed by atoms with van der Waals surface area (Å²) >= 11 is 0. The van der Waals surface area contributed by atoms with Gasteiger partial charge in [-0.1, -0.05) is 77.6 Å². The third-order valence-electron chi connectivity index (χ3n) is 11.5. The van der Waals surface area contributed by atoms with Gasteiger partial charge in [0.05, 0.1) is 0 Å². The van der Waals surface area contributed by atoms with Crippen molar-refractivity contribution < 1.29 is 0 Å². The van der Waals surface area contributed by atoms with Gasteiger partial charge in [-0.15, -0.1) is 0 Å². The minimum absolute atomic E-state index is 0.754. The van der Waals surface area contributed by atoms with Gasteiger partial charge in [0.1, 0.15) is 0 Å². The molecule has 0 saturated heterocycles. The maximum Gasteiger partial charge on any atom is 0.0101 e. The Labute approximate surface area is 200 Å². The SMILES string of the molecule is CC1CCC(C2(C3CCC(N(C4CCCCC4)C4CCCCC4)CC3)CCCCC2)CC1. The largest absolute Gasteiger partial charge is 0.294 e. The third-order valence-corrected chi connectivity index (χ3v) is 11.5. The quantitative estimate of drug-likeness (QED) is 0.411. The van der Waals surface area contributed by atoms with E-state index in [0.29, 0.717) is 0 Å². The van der Waals surface area contributed by atoms with E-state index in [0.717, 1.165) is 41.3 Å². The van der Waals surface area contributed by atoms with Gasteiger partial charge in [-0.2, -0.15) is 0 Å². The molecule has 0 amide bonds. The van der Waals surface area contributed by atoms with Crippen LogP contribution in [0.15, 0.2) is 0 Å². The lowest BCUT2D eigenvalue weighted by atomic mass is 9.53. The fourth-order valence-electron chi connectivity index (χ4n) is 9.80. The molecule has 5 saturated carbocycles. The van der Waals surface area contributed by atoms with Gasteiger partial charge >= 0.3 is 0 Å². The zero-order valence-corrected chi connectivity index (χ0v) is 21.7. The van der Waals surface area contributed by atoms with Gasteiger partial charge in [0.2, 0.25) is 0 Å². The molecule has 5 aliphatic rings. The van der Waals surface area contributed by atoms with Gasteiger partial charge < -0.3 is 0 Å². The van der Waals surface area contributed by atoms with Crippen LogP contribution in [-0.2, 0) is 0 Å². The number of hydrogen-bond donors (Lipinski definition) is 0. The van der Waals surface area contributed by atoms with Crippen LogP contribution in [0.1, 0.15) is 155 Å². The monoisotopic (exact) mass is 441 g/mol. The highest BCUT2D eigenvalue weighted by Crippen LogP contribution is 2.57. The van der Waals surface area contributed by atoms with E-state index in [1.807, 2.05) is 0 Å². The predicted molar refractivity (Wildman–Crippen MR) is 138 cm³/mol. The van der Waals surface area contributed by atoms with Gasteiger partial charge in [-0.25, -0.2) is 0 Å². The Balaban J connectivity index is 1.27. The summed E-state index contributed by atoms with van der Waals surface area (Å²) in [4.78, 5) is 3.20. The Morgan fingerprint density at radius 3 is 1.34 bits per heavy atom. The molecule has 5 rings (SSSR count). The van der Waals surface area contributed by atoms with Crippen molar-refractivity contribution in [3.8, 4) is 0 Å². The van der Waals surface area contributed by atoms with Gasteiger partial charge in [0.15, 0.2) is 0 Å². The molecular weight excluding hydrogens is 386 g/mol. The molecule has 5 aliphatic carbocycles. The van der Waals surface area contributed by atoms with Gasteiger partial charge in [0.25, 0.3) is 0 Å². The van der Waals surface area contributed by atoms with E-state index in [9.17, 15) is 0 Å². The first kappa shape index (κ1) is 23.7. The van der Waals surface area contributed by atoms with Crippen molar-refractivity contribution in [3.63, 3.8) is 0 Å². The average Bonchev–Trinajstić information content (AvgIpc) is 2.87. The molecule has 0 unspecified atom stereocenters. The molecular formula is C31H55N. The lowest BCUT2D eigenvalue weighted by Gasteiger charge is -2.55. The topological polar surface area (TPSA) is 3.24 Å². The van der Waals surface area contributed by atoms with Gasteiger partial charge in [0, 0.05) is 18.1 Å². The number of hydrogen-bond acceptors (Lipinski definition) is 1. The standard InChI is InChI=1S/C31H55N/c1-25-15-17-26(18-16-25)31(23-9-4-10-24-31)27-19-21-30(22-20-27)32(28-11-5-2-6-12-28)29-13-7-3-8-14-29/h25-30H,2-24H2,1H3. The second-order valence-corrected chi connectivity index (χ2v) is 13.3. The van der Waals surface area contributed by atoms with Gasteiger partial charge in [-0.3, -0.25) is 4.90 Å². The molecule has 1 heteroatoms. The second-order valence-electron chi connectivity index (χ2n) is 13.3. The summed E-state index contributed by atoms with van der Waals surface area (Å²) in [5.41, 5.74) is 0.754. The van der Waals surface area contributed by atoms with E-state index < -0.39 is 0 Å². The summed E-state index contributed by atoms with van der Waals surface area (Å²) < 4.78 is 0. The zero-order valence-electron chi connectivity index (χ0n) is 21.7. The highest BCUT2D eigenvalue weighted by atomic mass is 15.2. The van der Waals surface area contributed by atoms with E-state index in [4.69, 9.17) is 0 Å². The second kappa shape index (κ2) is 11.1. The molecule has 0 aromatic rings. The highest BCUT2D eigenvalue weighted by molar-refractivity contribution is 4.99. The first-order valence-electron chi connectivity index (χ1n) is 15.5. The van der Waals surface area contributed by atoms with E-state index in [2.05, 4.69) is 11.8 Å². The molecule has 184 valence electrons. The summed E-state index contributed by atoms with van der Waals surface area (Å²) in [6, 6.07) is 2.82. The van der Waals surface area contributed by atoms with Crippen molar-refractivity contribution in [1.82, 2.24) is 4.90 Å². The van der Waals surface area contributed by atoms with Crippen LogP contribution in [-0.4, -0.2) is 23.0 Å². The Hall–Kier alpha value is -0.0400. The molecule has 0 aromatic heterocycles. The number of nitrogens with zero attached hydrogens (tertiary/aromatic N) is 1. The third kappa shape index (κ3) is 5.13. The average molecular weight is 442 g/mol. The Morgan fingerprint density at radius 1 is 0.438 bits per heavy atom. The maximum atomic E-state index is 3.20. The molecule has 0 aliphatic heterocycles. The summed E-state index contributed by atoms with van der Waals surface area (Å²) in [5, 5.41) is 0. The van der Waals surface area contributed by atoms with Crippen LogP contribution in [0.3, 0.4) is 0 Å². The van der Waals surface area contributed by atoms with Crippen LogP contribution >= 0.6 is 0 Å². The molecule has 5 fully saturated rings. The van der Waals surface area contributed by atoms with Crippen molar-refractivity contribution in [1.29, 1.82) is 0 Å². The molecule has 0 atom stereocenters. The smallest absolute Gasteiger partial charge is 0.0101 e. The molecule has 0 N–H and O–H groups in total. The fraction of sp³-hybridized carbons (Fsp3) is 1.00. The molecule has 1 nitrogen and oxygen atoms in total. The lowest BCUT2D eigenvalue weighted by molar-refractivity contribution is -0.0437. The zero-order chi connectivity index (χ0) is 21.8. The summed E-state index contributed by atoms with van der Waals surface area (Å²) in [7, 11) is 0. The first-order valence-corrected chi connectivity index (χ1v) is 15.5. The van der Waals surface area contributed by atoms with Crippen molar-refractivity contribution >= 4 is 0 Å². The van der Waals surface area contributed by atoms with Crippen LogP contribution in [0.2, 0.25) is 0 Å². The van der Waals surface area contributed by atoms with Crippen molar-refractivity contribution in [2.75, 3.05) is 0 Å². The van der Waals surface area contributed by atoms with E-state index in [1.54, 1.807) is 64.2 Å². The van der Waals surface area contributed by atoms with Crippen LogP contribution < -0.4 is 0 Å². The number of rotatable bonds is 5. The van der Waals surface area contributed by atoms with Crippen LogP contribution in [0.25, 0.3) is 0 Å². The molecule has 0 bridgehead atoms. The Kier molecular flexibility index (Phi) is 8.24. The van der Waals surface area contributed by atoms with Crippen molar-refractivity contribution in [3.05, 3.63) is 0 Å². The molecule has 0 spiro atoms. The van der Waals surface area contributed by atoms with Crippen molar-refractivity contribution in [2.45, 2.75) is 173 Å². The Morgan fingerprint density at radius 2 is 0.844 bits per heavy atom. The maximum absolute atomic E-state index is 3.20. The lowest BCUT2D eigenvalue weighted by Crippen LogP contribution is -2.53. The first-order chi connectivity index (χ1) is 15.8. The fourth-order valence-corrected chi connectivity index (χ4v) is 9.80. The van der Waals surface area contributed by atoms with E-state index in [-0.39, 0.29) is 0 Å². The Bertz CT molecular complexity index is 517. The van der Waals surface area contributed by atoms with Crippen LogP contribution in [0.5, 0.6) is 0 Å². The van der Waals surface area contributed by atoms with E-state index >= 15 is 0 Å².